The molecule has 3 rings (SSSR count). The van der Waals surface area contributed by atoms with E-state index in [9.17, 15) is 9.59 Å². The molecule has 0 N–H and O–H groups in total. The predicted molar refractivity (Wildman–Crippen MR) is 108 cm³/mol. The van der Waals surface area contributed by atoms with Crippen molar-refractivity contribution in [1.82, 2.24) is 9.80 Å². The minimum atomic E-state index is -0.0524. The number of benzene rings is 2. The quantitative estimate of drug-likeness (QED) is 0.752. The fraction of sp³-hybridized carbons (Fsp3) is 0.333. The molecule has 0 spiro atoms. The Hall–Kier alpha value is -2.04. The molecular weight excluding hydrogens is 383 g/mol. The third-order valence-electron chi connectivity index (χ3n) is 4.91. The normalized spacial score (nSPS) is 14.9. The molecule has 2 amide bonds. The van der Waals surface area contributed by atoms with Gasteiger partial charge in [0.05, 0.1) is 0 Å². The topological polar surface area (TPSA) is 40.6 Å². The number of halogens is 2. The van der Waals surface area contributed by atoms with Gasteiger partial charge >= 0.3 is 0 Å². The van der Waals surface area contributed by atoms with Crippen LogP contribution >= 0.6 is 23.2 Å². The highest BCUT2D eigenvalue weighted by atomic mass is 35.5. The maximum Gasteiger partial charge on any atom is 0.253 e. The molecule has 6 heteroatoms. The maximum atomic E-state index is 12.7. The molecule has 0 saturated carbocycles. The van der Waals surface area contributed by atoms with E-state index in [1.54, 1.807) is 29.2 Å². The number of nitrogens with zero attached hydrogens (tertiary/aromatic N) is 2. The fourth-order valence-corrected chi connectivity index (χ4v) is 3.74. The second-order valence-corrected chi connectivity index (χ2v) is 7.77. The molecule has 2 aromatic carbocycles. The smallest absolute Gasteiger partial charge is 0.253 e. The molecule has 0 aromatic heterocycles. The Labute approximate surface area is 169 Å². The number of carbonyl (C=O) groups excluding carboxylic acids is 2. The van der Waals surface area contributed by atoms with Gasteiger partial charge in [-0.3, -0.25) is 9.59 Å². The first-order valence-corrected chi connectivity index (χ1v) is 9.74. The van der Waals surface area contributed by atoms with Crippen molar-refractivity contribution in [3.8, 4) is 0 Å². The summed E-state index contributed by atoms with van der Waals surface area (Å²) in [5.74, 6) is 0.0573. The lowest BCUT2D eigenvalue weighted by Gasteiger charge is -2.33. The Morgan fingerprint density at radius 3 is 2.33 bits per heavy atom. The molecule has 0 bridgehead atoms. The van der Waals surface area contributed by atoms with Crippen molar-refractivity contribution in [2.75, 3.05) is 20.1 Å². The number of hydrogen-bond donors (Lipinski definition) is 0. The molecule has 1 aliphatic heterocycles. The van der Waals surface area contributed by atoms with Crippen LogP contribution in [0.25, 0.3) is 0 Å². The summed E-state index contributed by atoms with van der Waals surface area (Å²) in [6, 6.07) is 14.5. The van der Waals surface area contributed by atoms with Crippen LogP contribution in [0.4, 0.5) is 0 Å². The summed E-state index contributed by atoms with van der Waals surface area (Å²) in [7, 11) is 1.81. The van der Waals surface area contributed by atoms with E-state index in [-0.39, 0.29) is 17.7 Å². The van der Waals surface area contributed by atoms with Crippen molar-refractivity contribution < 1.29 is 9.59 Å². The lowest BCUT2D eigenvalue weighted by molar-refractivity contribution is -0.136. The third kappa shape index (κ3) is 5.02. The summed E-state index contributed by atoms with van der Waals surface area (Å²) in [6.45, 7) is 1.70. The van der Waals surface area contributed by atoms with E-state index in [0.717, 1.165) is 5.56 Å². The van der Waals surface area contributed by atoms with Crippen molar-refractivity contribution in [3.63, 3.8) is 0 Å². The highest BCUT2D eigenvalue weighted by molar-refractivity contribution is 6.30. The Morgan fingerprint density at radius 1 is 1.04 bits per heavy atom. The summed E-state index contributed by atoms with van der Waals surface area (Å²) >= 11 is 11.9. The van der Waals surface area contributed by atoms with Crippen molar-refractivity contribution in [3.05, 3.63) is 69.7 Å². The summed E-state index contributed by atoms with van der Waals surface area (Å²) < 4.78 is 0. The van der Waals surface area contributed by atoms with E-state index in [2.05, 4.69) is 0 Å². The van der Waals surface area contributed by atoms with Gasteiger partial charge in [0.2, 0.25) is 5.91 Å². The van der Waals surface area contributed by atoms with Crippen molar-refractivity contribution >= 4 is 35.0 Å². The highest BCUT2D eigenvalue weighted by Crippen LogP contribution is 2.22. The van der Waals surface area contributed by atoms with Gasteiger partial charge in [-0.15, -0.1) is 0 Å². The highest BCUT2D eigenvalue weighted by Gasteiger charge is 2.29. The Morgan fingerprint density at radius 2 is 1.70 bits per heavy atom. The standard InChI is InChI=1S/C21H22Cl2N2O2/c1-24(14-15-3-2-4-19(23)13-15)20(26)17-9-11-25(12-10-17)21(27)16-5-7-18(22)8-6-16/h2-8,13,17H,9-12,14H2,1H3. The summed E-state index contributed by atoms with van der Waals surface area (Å²) in [4.78, 5) is 28.9. The van der Waals surface area contributed by atoms with Gasteiger partial charge in [-0.1, -0.05) is 35.3 Å². The van der Waals surface area contributed by atoms with Crippen LogP contribution in [0.3, 0.4) is 0 Å². The first-order valence-electron chi connectivity index (χ1n) is 8.98. The van der Waals surface area contributed by atoms with Crippen LogP contribution in [0.1, 0.15) is 28.8 Å². The Bertz CT molecular complexity index is 815. The van der Waals surface area contributed by atoms with Gasteiger partial charge < -0.3 is 9.80 Å². The molecule has 0 radical (unpaired) electrons. The van der Waals surface area contributed by atoms with Gasteiger partial charge in [0.25, 0.3) is 5.91 Å². The third-order valence-corrected chi connectivity index (χ3v) is 5.39. The molecule has 0 aliphatic carbocycles. The monoisotopic (exact) mass is 404 g/mol. The van der Waals surface area contributed by atoms with Crippen LogP contribution < -0.4 is 0 Å². The largest absolute Gasteiger partial charge is 0.341 e. The van der Waals surface area contributed by atoms with E-state index in [1.807, 2.05) is 36.2 Å². The number of likely N-dealkylation sites (tertiary alicyclic amines) is 1. The van der Waals surface area contributed by atoms with Crippen LogP contribution in [0, 0.1) is 5.92 Å². The SMILES string of the molecule is CN(Cc1cccc(Cl)c1)C(=O)C1CCN(C(=O)c2ccc(Cl)cc2)CC1. The van der Waals surface area contributed by atoms with Gasteiger partial charge in [0, 0.05) is 48.2 Å². The molecule has 1 saturated heterocycles. The van der Waals surface area contributed by atoms with E-state index >= 15 is 0 Å². The number of rotatable bonds is 4. The van der Waals surface area contributed by atoms with Crippen LogP contribution in [-0.2, 0) is 11.3 Å². The summed E-state index contributed by atoms with van der Waals surface area (Å²) in [5, 5.41) is 1.28. The van der Waals surface area contributed by atoms with Gasteiger partial charge in [-0.25, -0.2) is 0 Å². The molecule has 1 heterocycles. The average molecular weight is 405 g/mol. The first-order chi connectivity index (χ1) is 12.9. The minimum Gasteiger partial charge on any atom is -0.341 e. The molecule has 0 atom stereocenters. The number of piperidine rings is 1. The number of carbonyl (C=O) groups is 2. The van der Waals surface area contributed by atoms with Crippen LogP contribution in [0.5, 0.6) is 0 Å². The zero-order valence-corrected chi connectivity index (χ0v) is 16.7. The minimum absolute atomic E-state index is 0.00940. The second-order valence-electron chi connectivity index (χ2n) is 6.90. The molecule has 1 aliphatic rings. The lowest BCUT2D eigenvalue weighted by Crippen LogP contribution is -2.43. The number of hydrogen-bond acceptors (Lipinski definition) is 2. The zero-order valence-electron chi connectivity index (χ0n) is 15.2. The van der Waals surface area contributed by atoms with Gasteiger partial charge in [0.15, 0.2) is 0 Å². The molecule has 1 fully saturated rings. The molecular formula is C21H22Cl2N2O2. The molecule has 2 aromatic rings. The van der Waals surface area contributed by atoms with E-state index in [0.29, 0.717) is 48.1 Å². The lowest BCUT2D eigenvalue weighted by atomic mass is 9.94. The Kier molecular flexibility index (Phi) is 6.40. The number of amides is 2. The van der Waals surface area contributed by atoms with Crippen LogP contribution in [-0.4, -0.2) is 41.8 Å². The van der Waals surface area contributed by atoms with Gasteiger partial charge in [-0.05, 0) is 54.8 Å². The van der Waals surface area contributed by atoms with Crippen molar-refractivity contribution in [1.29, 1.82) is 0 Å². The predicted octanol–water partition coefficient (Wildman–Crippen LogP) is 4.50. The van der Waals surface area contributed by atoms with E-state index in [1.165, 1.54) is 0 Å². The molecule has 0 unspecified atom stereocenters. The van der Waals surface area contributed by atoms with Gasteiger partial charge in [-0.2, -0.15) is 0 Å². The molecule has 27 heavy (non-hydrogen) atoms. The van der Waals surface area contributed by atoms with Crippen LogP contribution in [0.15, 0.2) is 48.5 Å². The average Bonchev–Trinajstić information content (AvgIpc) is 2.67. The van der Waals surface area contributed by atoms with E-state index in [4.69, 9.17) is 23.2 Å². The Balaban J connectivity index is 1.54. The van der Waals surface area contributed by atoms with Crippen molar-refractivity contribution in [2.45, 2.75) is 19.4 Å². The summed E-state index contributed by atoms with van der Waals surface area (Å²) in [6.07, 6.45) is 1.36. The van der Waals surface area contributed by atoms with Gasteiger partial charge in [0.1, 0.15) is 0 Å². The van der Waals surface area contributed by atoms with E-state index < -0.39 is 0 Å². The van der Waals surface area contributed by atoms with Crippen LogP contribution in [0.2, 0.25) is 10.0 Å². The second kappa shape index (κ2) is 8.77. The molecule has 142 valence electrons. The fourth-order valence-electron chi connectivity index (χ4n) is 3.40. The maximum absolute atomic E-state index is 12.7. The summed E-state index contributed by atoms with van der Waals surface area (Å²) in [5.41, 5.74) is 1.64. The first kappa shape index (κ1) is 19.7. The zero-order chi connectivity index (χ0) is 19.4. The molecule has 4 nitrogen and oxygen atoms in total. The van der Waals surface area contributed by atoms with Crippen molar-refractivity contribution in [2.24, 2.45) is 5.92 Å².